The molecule has 3 aromatic rings. The van der Waals surface area contributed by atoms with Crippen LogP contribution in [0.4, 0.5) is 10.5 Å². The van der Waals surface area contributed by atoms with Crippen molar-refractivity contribution in [3.63, 3.8) is 0 Å². The van der Waals surface area contributed by atoms with Crippen molar-refractivity contribution in [2.75, 3.05) is 31.6 Å². The normalized spacial score (nSPS) is 13.6. The van der Waals surface area contributed by atoms with Crippen LogP contribution < -0.4 is 20.7 Å². The van der Waals surface area contributed by atoms with Crippen LogP contribution in [0.15, 0.2) is 60.2 Å². The lowest BCUT2D eigenvalue weighted by Crippen LogP contribution is -2.28. The molecule has 0 saturated carbocycles. The number of nitrogens with one attached hydrogen (secondary N) is 3. The van der Waals surface area contributed by atoms with Crippen molar-refractivity contribution in [1.82, 2.24) is 15.6 Å². The van der Waals surface area contributed by atoms with Crippen LogP contribution in [-0.4, -0.2) is 37.3 Å². The molecule has 33 heavy (non-hydrogen) atoms. The first kappa shape index (κ1) is 22.8. The number of aromatic nitrogens is 1. The Kier molecular flexibility index (Phi) is 7.58. The maximum Gasteiger partial charge on any atom is 0.319 e. The third-order valence-electron chi connectivity index (χ3n) is 5.88. The van der Waals surface area contributed by atoms with Crippen LogP contribution in [-0.2, 0) is 0 Å². The smallest absolute Gasteiger partial charge is 0.319 e. The molecule has 0 atom stereocenters. The molecule has 4 rings (SSSR count). The monoisotopic (exact) mass is 444 g/mol. The predicted molar refractivity (Wildman–Crippen MR) is 135 cm³/mol. The zero-order valence-corrected chi connectivity index (χ0v) is 19.4. The van der Waals surface area contributed by atoms with Crippen LogP contribution in [0.25, 0.3) is 16.5 Å². The molecule has 3 N–H and O–H groups in total. The minimum absolute atomic E-state index is 0.186. The van der Waals surface area contributed by atoms with Gasteiger partial charge in [0.1, 0.15) is 5.75 Å². The second-order valence-corrected chi connectivity index (χ2v) is 8.27. The average Bonchev–Trinajstić information content (AvgIpc) is 2.82. The van der Waals surface area contributed by atoms with Crippen LogP contribution in [0.3, 0.4) is 0 Å². The number of amides is 2. The number of piperidine rings is 1. The number of carbonyl (C=O) groups is 1. The Hall–Kier alpha value is -3.38. The summed E-state index contributed by atoms with van der Waals surface area (Å²) in [7, 11) is 0. The molecule has 0 unspecified atom stereocenters. The summed E-state index contributed by atoms with van der Waals surface area (Å²) in [4.78, 5) is 16.6. The molecule has 0 bridgehead atoms. The van der Waals surface area contributed by atoms with Gasteiger partial charge in [-0.25, -0.2) is 4.79 Å². The predicted octanol–water partition coefficient (Wildman–Crippen LogP) is 5.29. The molecule has 1 fully saturated rings. The summed E-state index contributed by atoms with van der Waals surface area (Å²) in [6.45, 7) is 7.06. The van der Waals surface area contributed by atoms with Crippen molar-refractivity contribution in [3.8, 4) is 5.75 Å². The third-order valence-corrected chi connectivity index (χ3v) is 5.88. The van der Waals surface area contributed by atoms with Crippen molar-refractivity contribution in [3.05, 3.63) is 71.4 Å². The molecule has 6 nitrogen and oxygen atoms in total. The van der Waals surface area contributed by atoms with E-state index in [-0.39, 0.29) is 6.03 Å². The highest BCUT2D eigenvalue weighted by Gasteiger charge is 2.14. The maximum absolute atomic E-state index is 12.0. The highest BCUT2D eigenvalue weighted by Crippen LogP contribution is 2.30. The molecule has 0 spiro atoms. The molecule has 2 heterocycles. The van der Waals surface area contributed by atoms with E-state index in [0.717, 1.165) is 65.9 Å². The van der Waals surface area contributed by atoms with E-state index in [0.29, 0.717) is 13.2 Å². The fraction of sp³-hybridized carbons (Fsp3) is 0.333. The van der Waals surface area contributed by atoms with Crippen LogP contribution in [0.1, 0.15) is 37.4 Å². The third kappa shape index (κ3) is 5.90. The molecule has 172 valence electrons. The van der Waals surface area contributed by atoms with Gasteiger partial charge < -0.3 is 20.7 Å². The summed E-state index contributed by atoms with van der Waals surface area (Å²) < 4.78 is 6.26. The van der Waals surface area contributed by atoms with Gasteiger partial charge in [0.2, 0.25) is 0 Å². The molecule has 1 saturated heterocycles. The quantitative estimate of drug-likeness (QED) is 0.463. The van der Waals surface area contributed by atoms with Gasteiger partial charge in [-0.1, -0.05) is 23.8 Å². The number of nitrogens with zero attached hydrogens (tertiary/aromatic N) is 1. The van der Waals surface area contributed by atoms with Crippen molar-refractivity contribution in [2.24, 2.45) is 0 Å². The molecule has 0 radical (unpaired) electrons. The Bertz CT molecular complexity index is 1150. The van der Waals surface area contributed by atoms with E-state index in [4.69, 9.17) is 4.74 Å². The lowest BCUT2D eigenvalue weighted by Gasteiger charge is -2.21. The summed E-state index contributed by atoms with van der Waals surface area (Å²) in [6.07, 6.45) is 2.86. The maximum atomic E-state index is 12.0. The standard InChI is InChI=1S/C27H32N4O2/c1-3-29-27(32)31-22-7-4-6-21(18-22)23(20-12-15-28-16-13-20)14-17-33-26-9-5-8-25-24(26)11-10-19(2)30-25/h4-11,18,28H,3,12-17H2,1-2H3,(H2,29,31,32). The number of carbonyl (C=O) groups excluding carboxylic acids is 1. The van der Waals surface area contributed by atoms with Gasteiger partial charge in [0.15, 0.2) is 0 Å². The highest BCUT2D eigenvalue weighted by atomic mass is 16.5. The van der Waals surface area contributed by atoms with Crippen LogP contribution in [0, 0.1) is 6.92 Å². The molecule has 1 aliphatic heterocycles. The van der Waals surface area contributed by atoms with Gasteiger partial charge in [0, 0.05) is 29.7 Å². The van der Waals surface area contributed by atoms with E-state index in [2.05, 4.69) is 39.1 Å². The van der Waals surface area contributed by atoms with E-state index in [1.54, 1.807) is 0 Å². The van der Waals surface area contributed by atoms with Gasteiger partial charge in [0.25, 0.3) is 0 Å². The van der Waals surface area contributed by atoms with Crippen LogP contribution in [0.5, 0.6) is 5.75 Å². The highest BCUT2D eigenvalue weighted by molar-refractivity contribution is 5.90. The van der Waals surface area contributed by atoms with Gasteiger partial charge in [-0.05, 0) is 87.3 Å². The first-order valence-electron chi connectivity index (χ1n) is 11.7. The molecule has 6 heteroatoms. The molecule has 1 aromatic heterocycles. The Morgan fingerprint density at radius 1 is 1.09 bits per heavy atom. The summed E-state index contributed by atoms with van der Waals surface area (Å²) in [5, 5.41) is 10.2. The van der Waals surface area contributed by atoms with Crippen LogP contribution >= 0.6 is 0 Å². The lowest BCUT2D eigenvalue weighted by molar-refractivity contribution is 0.252. The molecule has 0 aliphatic carbocycles. The fourth-order valence-corrected chi connectivity index (χ4v) is 4.29. The lowest BCUT2D eigenvalue weighted by atomic mass is 9.91. The Morgan fingerprint density at radius 2 is 1.91 bits per heavy atom. The minimum Gasteiger partial charge on any atom is -0.493 e. The molecule has 2 aromatic carbocycles. The van der Waals surface area contributed by atoms with Crippen molar-refractivity contribution >= 4 is 28.2 Å². The van der Waals surface area contributed by atoms with Gasteiger partial charge in [-0.15, -0.1) is 0 Å². The van der Waals surface area contributed by atoms with E-state index in [1.807, 2.05) is 50.2 Å². The first-order chi connectivity index (χ1) is 16.1. The number of pyridine rings is 1. The molecule has 2 amide bonds. The second kappa shape index (κ2) is 11.0. The molecular weight excluding hydrogens is 412 g/mol. The van der Waals surface area contributed by atoms with Gasteiger partial charge in [-0.2, -0.15) is 0 Å². The van der Waals surface area contributed by atoms with E-state index in [9.17, 15) is 4.79 Å². The van der Waals surface area contributed by atoms with Gasteiger partial charge in [0.05, 0.1) is 12.1 Å². The number of anilines is 1. The topological polar surface area (TPSA) is 75.3 Å². The summed E-state index contributed by atoms with van der Waals surface area (Å²) in [5.41, 5.74) is 6.65. The number of urea groups is 1. The first-order valence-corrected chi connectivity index (χ1v) is 11.7. The Balaban J connectivity index is 1.54. The molecular formula is C27H32N4O2. The number of ether oxygens (including phenoxy) is 1. The summed E-state index contributed by atoms with van der Waals surface area (Å²) in [6, 6.07) is 18.0. The van der Waals surface area contributed by atoms with Crippen molar-refractivity contribution in [1.29, 1.82) is 0 Å². The summed E-state index contributed by atoms with van der Waals surface area (Å²) >= 11 is 0. The zero-order chi connectivity index (χ0) is 23.0. The Morgan fingerprint density at radius 3 is 2.73 bits per heavy atom. The molecule has 1 aliphatic rings. The largest absolute Gasteiger partial charge is 0.493 e. The number of rotatable bonds is 7. The van der Waals surface area contributed by atoms with Crippen molar-refractivity contribution < 1.29 is 9.53 Å². The number of fused-ring (bicyclic) bond motifs is 1. The van der Waals surface area contributed by atoms with Gasteiger partial charge >= 0.3 is 6.03 Å². The summed E-state index contributed by atoms with van der Waals surface area (Å²) in [5.74, 6) is 0.862. The van der Waals surface area contributed by atoms with E-state index < -0.39 is 0 Å². The van der Waals surface area contributed by atoms with Crippen molar-refractivity contribution in [2.45, 2.75) is 33.1 Å². The fourth-order valence-electron chi connectivity index (χ4n) is 4.29. The number of aryl methyl sites for hydroxylation is 1. The van der Waals surface area contributed by atoms with Gasteiger partial charge in [-0.3, -0.25) is 4.98 Å². The zero-order valence-electron chi connectivity index (χ0n) is 19.4. The SMILES string of the molecule is CCNC(=O)Nc1cccc(C(CCOc2cccc3nc(C)ccc23)=C2CCNCC2)c1. The Labute approximate surface area is 195 Å². The number of hydrogen-bond donors (Lipinski definition) is 3. The van der Waals surface area contributed by atoms with E-state index >= 15 is 0 Å². The van der Waals surface area contributed by atoms with E-state index in [1.165, 1.54) is 11.1 Å². The number of hydrogen-bond acceptors (Lipinski definition) is 4. The average molecular weight is 445 g/mol. The minimum atomic E-state index is -0.186. The van der Waals surface area contributed by atoms with Crippen LogP contribution in [0.2, 0.25) is 0 Å². The second-order valence-electron chi connectivity index (χ2n) is 8.27. The number of benzene rings is 2.